The van der Waals surface area contributed by atoms with Gasteiger partial charge in [0, 0.05) is 24.9 Å². The van der Waals surface area contributed by atoms with Crippen LogP contribution in [0.15, 0.2) is 30.6 Å². The number of hydrogen-bond acceptors (Lipinski definition) is 5. The molecule has 0 amide bonds. The Bertz CT molecular complexity index is 845. The molecule has 7 heteroatoms. The summed E-state index contributed by atoms with van der Waals surface area (Å²) in [5.41, 5.74) is 2.99. The average Bonchev–Trinajstić information content (AvgIpc) is 3.51. The molecule has 2 aliphatic rings. The van der Waals surface area contributed by atoms with Crippen molar-refractivity contribution in [3.8, 4) is 22.8 Å². The summed E-state index contributed by atoms with van der Waals surface area (Å²) in [6.45, 7) is 1.38. The van der Waals surface area contributed by atoms with Crippen molar-refractivity contribution in [2.24, 2.45) is 0 Å². The molecule has 136 valence electrons. The maximum absolute atomic E-state index is 4.70. The van der Waals surface area contributed by atoms with Gasteiger partial charge in [-0.1, -0.05) is 16.5 Å². The second-order valence-electron chi connectivity index (χ2n) is 6.60. The molecule has 0 bridgehead atoms. The van der Waals surface area contributed by atoms with Gasteiger partial charge in [0.1, 0.15) is 11.4 Å². The monoisotopic (exact) mass is 367 g/mol. The van der Waals surface area contributed by atoms with Gasteiger partial charge in [0.05, 0.1) is 23.8 Å². The Hall–Kier alpha value is -2.57. The van der Waals surface area contributed by atoms with E-state index >= 15 is 0 Å². The zero-order chi connectivity index (χ0) is 18.8. The number of rotatable bonds is 6. The highest BCUT2D eigenvalue weighted by atomic mass is 15.4. The summed E-state index contributed by atoms with van der Waals surface area (Å²) in [4.78, 5) is 4.70. The Morgan fingerprint density at radius 3 is 1.54 bits per heavy atom. The first-order valence-corrected chi connectivity index (χ1v) is 9.03. The smallest absolute Gasteiger partial charge is 0.131 e. The van der Waals surface area contributed by atoms with Crippen molar-refractivity contribution in [3.63, 3.8) is 0 Å². The van der Waals surface area contributed by atoms with Crippen LogP contribution in [0.4, 0.5) is 0 Å². The summed E-state index contributed by atoms with van der Waals surface area (Å²) in [5, 5.41) is 17.0. The van der Waals surface area contributed by atoms with Crippen LogP contribution >= 0.6 is 0 Å². The van der Waals surface area contributed by atoms with Crippen molar-refractivity contribution >= 4 is 0 Å². The fraction of sp³-hybridized carbons (Fsp3) is 0.0952. The van der Waals surface area contributed by atoms with Gasteiger partial charge in [-0.3, -0.25) is 9.36 Å². The molecule has 0 saturated heterocycles. The van der Waals surface area contributed by atoms with E-state index in [4.69, 9.17) is 4.98 Å². The van der Waals surface area contributed by atoms with Crippen molar-refractivity contribution in [2.45, 2.75) is 13.1 Å². The number of nitrogens with zero attached hydrogens (tertiary/aromatic N) is 7. The van der Waals surface area contributed by atoms with E-state index < -0.39 is 0 Å². The second kappa shape index (κ2) is 7.81. The third-order valence-electron chi connectivity index (χ3n) is 4.50. The first-order chi connectivity index (χ1) is 13.8. The van der Waals surface area contributed by atoms with Crippen molar-refractivity contribution in [3.05, 3.63) is 93.8 Å². The Morgan fingerprint density at radius 1 is 0.607 bits per heavy atom. The van der Waals surface area contributed by atoms with Crippen molar-refractivity contribution in [2.75, 3.05) is 0 Å². The molecule has 0 spiro atoms. The van der Waals surface area contributed by atoms with E-state index in [9.17, 15) is 0 Å². The molecule has 7 nitrogen and oxygen atoms in total. The molecule has 28 heavy (non-hydrogen) atoms. The highest BCUT2D eigenvalue weighted by molar-refractivity contribution is 5.60. The van der Waals surface area contributed by atoms with Gasteiger partial charge >= 0.3 is 0 Å². The molecule has 3 heterocycles. The zero-order valence-corrected chi connectivity index (χ0v) is 15.1. The van der Waals surface area contributed by atoms with Crippen LogP contribution in [-0.4, -0.2) is 35.0 Å². The van der Waals surface area contributed by atoms with Crippen LogP contribution in [0.2, 0.25) is 0 Å². The minimum absolute atomic E-state index is 0.690. The topological polar surface area (TPSA) is 74.3 Å². The van der Waals surface area contributed by atoms with Crippen molar-refractivity contribution in [1.82, 2.24) is 35.0 Å². The third kappa shape index (κ3) is 3.84. The van der Waals surface area contributed by atoms with Crippen molar-refractivity contribution in [1.29, 1.82) is 0 Å². The lowest BCUT2D eigenvalue weighted by molar-refractivity contribution is 0.619. The summed E-state index contributed by atoms with van der Waals surface area (Å²) in [6.07, 6.45) is 20.2. The number of pyridine rings is 1. The summed E-state index contributed by atoms with van der Waals surface area (Å²) >= 11 is 0. The molecule has 0 N–H and O–H groups in total. The lowest BCUT2D eigenvalue weighted by Crippen LogP contribution is -2.06. The molecule has 5 rings (SSSR count). The number of aromatic nitrogens is 7. The predicted molar refractivity (Wildman–Crippen MR) is 103 cm³/mol. The summed E-state index contributed by atoms with van der Waals surface area (Å²) in [5.74, 6) is 2.39. The maximum atomic E-state index is 4.70. The first kappa shape index (κ1) is 17.5. The van der Waals surface area contributed by atoms with E-state index in [1.165, 1.54) is 11.8 Å². The Kier molecular flexibility index (Phi) is 4.89. The van der Waals surface area contributed by atoms with Gasteiger partial charge < -0.3 is 0 Å². The van der Waals surface area contributed by atoms with Crippen LogP contribution in [-0.2, 0) is 13.1 Å². The van der Waals surface area contributed by atoms with Gasteiger partial charge in [-0.25, -0.2) is 4.98 Å². The van der Waals surface area contributed by atoms with E-state index in [-0.39, 0.29) is 0 Å². The Labute approximate surface area is 165 Å². The SMILES string of the molecule is [CH]1[CH][CH][C](Cn2cc(-c3cccc(-c4cn(C[C]5[CH][CH][CH][CH]5)nn4)n3)nn2)[CH]1. The molecule has 3 aromatic rings. The quantitative estimate of drug-likeness (QED) is 0.669. The normalized spacial score (nSPS) is 18.3. The molecule has 2 aliphatic carbocycles. The molecule has 0 aromatic carbocycles. The standard InChI is InChI=1S/C21H17N7/c1-2-7-16(6-1)12-27-14-20(23-25-27)18-10-5-11-19(22-18)21-15-28(26-24-21)13-17-8-3-4-9-17/h1-11,14-15H,12-13H2. The maximum Gasteiger partial charge on any atom is 0.131 e. The van der Waals surface area contributed by atoms with Crippen LogP contribution in [0.5, 0.6) is 0 Å². The van der Waals surface area contributed by atoms with Crippen LogP contribution < -0.4 is 0 Å². The minimum Gasteiger partial charge on any atom is -0.251 e. The van der Waals surface area contributed by atoms with E-state index in [0.29, 0.717) is 13.1 Å². The van der Waals surface area contributed by atoms with Gasteiger partial charge in [0.2, 0.25) is 0 Å². The number of hydrogen-bond donors (Lipinski definition) is 0. The van der Waals surface area contributed by atoms with Crippen molar-refractivity contribution < 1.29 is 0 Å². The highest BCUT2D eigenvalue weighted by Gasteiger charge is 2.20. The molecule has 10 radical (unpaired) electrons. The summed E-state index contributed by atoms with van der Waals surface area (Å²) < 4.78 is 3.63. The minimum atomic E-state index is 0.690. The summed E-state index contributed by atoms with van der Waals surface area (Å²) in [7, 11) is 0. The van der Waals surface area contributed by atoms with Crippen LogP contribution in [0.3, 0.4) is 0 Å². The van der Waals surface area contributed by atoms with Gasteiger partial charge in [0.25, 0.3) is 0 Å². The molecule has 2 fully saturated rings. The molecular formula is C21H17N7. The van der Waals surface area contributed by atoms with E-state index in [2.05, 4.69) is 46.3 Å². The van der Waals surface area contributed by atoms with Crippen LogP contribution in [0.1, 0.15) is 0 Å². The largest absolute Gasteiger partial charge is 0.251 e. The molecule has 3 aromatic heterocycles. The van der Waals surface area contributed by atoms with Gasteiger partial charge in [-0.05, 0) is 63.5 Å². The van der Waals surface area contributed by atoms with Gasteiger partial charge in [-0.2, -0.15) is 0 Å². The third-order valence-corrected chi connectivity index (χ3v) is 4.50. The fourth-order valence-electron chi connectivity index (χ4n) is 3.12. The van der Waals surface area contributed by atoms with Gasteiger partial charge in [-0.15, -0.1) is 10.2 Å². The zero-order valence-electron chi connectivity index (χ0n) is 15.1. The van der Waals surface area contributed by atoms with E-state index in [1.807, 2.05) is 65.6 Å². The average molecular weight is 367 g/mol. The second-order valence-corrected chi connectivity index (χ2v) is 6.60. The van der Waals surface area contributed by atoms with E-state index in [1.54, 1.807) is 0 Å². The molecular weight excluding hydrogens is 350 g/mol. The molecule has 0 aliphatic heterocycles. The fourth-order valence-corrected chi connectivity index (χ4v) is 3.12. The Balaban J connectivity index is 1.31. The van der Waals surface area contributed by atoms with Gasteiger partial charge in [0.15, 0.2) is 0 Å². The summed E-state index contributed by atoms with van der Waals surface area (Å²) in [6, 6.07) is 5.80. The first-order valence-electron chi connectivity index (χ1n) is 9.03. The predicted octanol–water partition coefficient (Wildman–Crippen LogP) is 2.41. The van der Waals surface area contributed by atoms with Crippen LogP contribution in [0, 0.1) is 63.2 Å². The molecule has 0 atom stereocenters. The lowest BCUT2D eigenvalue weighted by atomic mass is 10.1. The molecule has 0 unspecified atom stereocenters. The Morgan fingerprint density at radius 2 is 1.07 bits per heavy atom. The van der Waals surface area contributed by atoms with Crippen LogP contribution in [0.25, 0.3) is 22.8 Å². The lowest BCUT2D eigenvalue weighted by Gasteiger charge is -2.05. The molecule has 2 saturated carbocycles. The van der Waals surface area contributed by atoms with E-state index in [0.717, 1.165) is 22.8 Å². The highest BCUT2D eigenvalue weighted by Crippen LogP contribution is 2.26.